The van der Waals surface area contributed by atoms with Crippen LogP contribution in [0.1, 0.15) is 23.2 Å². The highest BCUT2D eigenvalue weighted by molar-refractivity contribution is 6.35. The molecule has 0 spiro atoms. The molecule has 6 rings (SSSR count). The van der Waals surface area contributed by atoms with Crippen LogP contribution < -0.4 is 9.64 Å². The Hall–Kier alpha value is -3.33. The van der Waals surface area contributed by atoms with E-state index in [2.05, 4.69) is 11.5 Å². The number of aromatic nitrogens is 1. The minimum Gasteiger partial charge on any atom is -0.507 e. The lowest BCUT2D eigenvalue weighted by atomic mass is 10.1. The Morgan fingerprint density at radius 3 is 2.77 bits per heavy atom. The number of amides is 2. The molecule has 4 aliphatic rings. The maximum atomic E-state index is 14.9. The third-order valence-corrected chi connectivity index (χ3v) is 7.82. The zero-order valence-electron chi connectivity index (χ0n) is 18.9. The van der Waals surface area contributed by atoms with E-state index in [1.165, 1.54) is 24.3 Å². The predicted molar refractivity (Wildman–Crippen MR) is 127 cm³/mol. The average Bonchev–Trinajstić information content (AvgIpc) is 3.54. The summed E-state index contributed by atoms with van der Waals surface area (Å²) in [4.78, 5) is 36.2. The molecule has 2 unspecified atom stereocenters. The first-order chi connectivity index (χ1) is 16.9. The number of nitrogens with zero attached hydrogens (tertiary/aromatic N) is 4. The van der Waals surface area contributed by atoms with E-state index in [9.17, 15) is 19.1 Å². The largest absolute Gasteiger partial charge is 0.507 e. The van der Waals surface area contributed by atoms with Crippen molar-refractivity contribution >= 4 is 29.2 Å². The van der Waals surface area contributed by atoms with Crippen molar-refractivity contribution in [1.82, 2.24) is 14.8 Å². The number of halogens is 2. The molecule has 2 saturated heterocycles. The second kappa shape index (κ2) is 8.12. The lowest BCUT2D eigenvalue weighted by Gasteiger charge is -2.39. The van der Waals surface area contributed by atoms with Crippen LogP contribution in [0, 0.1) is 11.7 Å². The number of fused-ring (bicyclic) bond motifs is 3. The third kappa shape index (κ3) is 3.43. The Bertz CT molecular complexity index is 1250. The number of carbonyl (C=O) groups excluding carboxylic acids is 2. The molecular weight excluding hydrogens is 475 g/mol. The summed E-state index contributed by atoms with van der Waals surface area (Å²) in [5.74, 6) is -0.350. The fourth-order valence-electron chi connectivity index (χ4n) is 5.55. The molecule has 8 nitrogen and oxygen atoms in total. The van der Waals surface area contributed by atoms with Crippen LogP contribution in [-0.2, 0) is 4.79 Å². The highest BCUT2D eigenvalue weighted by Crippen LogP contribution is 2.51. The molecule has 3 atom stereocenters. The molecule has 3 aliphatic heterocycles. The van der Waals surface area contributed by atoms with Crippen LogP contribution in [0.2, 0.25) is 5.02 Å². The van der Waals surface area contributed by atoms with Gasteiger partial charge >= 0.3 is 0 Å². The molecule has 1 N–H and O–H groups in total. The summed E-state index contributed by atoms with van der Waals surface area (Å²) < 4.78 is 21.0. The maximum Gasteiger partial charge on any atom is 0.261 e. The minimum atomic E-state index is -0.674. The molecule has 10 heteroatoms. The fourth-order valence-corrected chi connectivity index (χ4v) is 5.84. The van der Waals surface area contributed by atoms with Gasteiger partial charge in [-0.05, 0) is 37.0 Å². The quantitative estimate of drug-likeness (QED) is 0.655. The predicted octanol–water partition coefficient (Wildman–Crippen LogP) is 3.08. The monoisotopic (exact) mass is 498 g/mol. The Morgan fingerprint density at radius 1 is 1.26 bits per heavy atom. The summed E-state index contributed by atoms with van der Waals surface area (Å²) in [6, 6.07) is 3.88. The van der Waals surface area contributed by atoms with Crippen LogP contribution in [0.25, 0.3) is 11.3 Å². The standard InChI is InChI=1S/C25H24ClFN4O4/c1-2-18(33)29-8-9-30-14(11-29)12-35-23-20(25(30)34)24(31-7-6-13-10-16(13)31)28-22(21(23)26)19-15(27)4-3-5-17(19)32/h2-5,13-14,16,32H,1,6-12H2/t13?,14-,16?/m1/s1. The lowest BCUT2D eigenvalue weighted by Crippen LogP contribution is -2.57. The molecule has 0 bridgehead atoms. The number of piperidine rings is 1. The van der Waals surface area contributed by atoms with Crippen molar-refractivity contribution in [3.05, 3.63) is 47.3 Å². The number of hydrogen-bond acceptors (Lipinski definition) is 6. The van der Waals surface area contributed by atoms with E-state index >= 15 is 0 Å². The molecule has 1 aliphatic carbocycles. The summed E-state index contributed by atoms with van der Waals surface area (Å²) in [5, 5.41) is 10.4. The lowest BCUT2D eigenvalue weighted by molar-refractivity contribution is -0.128. The van der Waals surface area contributed by atoms with Crippen LogP contribution in [0.3, 0.4) is 0 Å². The molecule has 1 aromatic carbocycles. The van der Waals surface area contributed by atoms with Gasteiger partial charge in [-0.15, -0.1) is 0 Å². The van der Waals surface area contributed by atoms with Crippen LogP contribution >= 0.6 is 11.6 Å². The molecule has 182 valence electrons. The number of anilines is 1. The van der Waals surface area contributed by atoms with Gasteiger partial charge in [0.15, 0.2) is 5.75 Å². The van der Waals surface area contributed by atoms with Gasteiger partial charge in [-0.2, -0.15) is 0 Å². The second-order valence-electron chi connectivity index (χ2n) is 9.43. The summed E-state index contributed by atoms with van der Waals surface area (Å²) in [6.07, 6.45) is 3.26. The summed E-state index contributed by atoms with van der Waals surface area (Å²) in [6.45, 7) is 5.41. The zero-order valence-corrected chi connectivity index (χ0v) is 19.7. The van der Waals surface area contributed by atoms with Gasteiger partial charge < -0.3 is 24.5 Å². The van der Waals surface area contributed by atoms with Crippen molar-refractivity contribution in [2.24, 2.45) is 5.92 Å². The fraction of sp³-hybridized carbons (Fsp3) is 0.400. The molecule has 1 aromatic heterocycles. The molecule has 1 saturated carbocycles. The Morgan fingerprint density at radius 2 is 2.09 bits per heavy atom. The van der Waals surface area contributed by atoms with Gasteiger partial charge in [0.25, 0.3) is 5.91 Å². The van der Waals surface area contributed by atoms with E-state index in [-0.39, 0.29) is 63.8 Å². The highest BCUT2D eigenvalue weighted by Gasteiger charge is 2.50. The highest BCUT2D eigenvalue weighted by atomic mass is 35.5. The van der Waals surface area contributed by atoms with Gasteiger partial charge in [0.05, 0.1) is 11.6 Å². The summed E-state index contributed by atoms with van der Waals surface area (Å²) >= 11 is 6.74. The third-order valence-electron chi connectivity index (χ3n) is 7.47. The van der Waals surface area contributed by atoms with Crippen molar-refractivity contribution in [1.29, 1.82) is 0 Å². The molecule has 0 radical (unpaired) electrons. The number of pyridine rings is 1. The topological polar surface area (TPSA) is 86.2 Å². The van der Waals surface area contributed by atoms with Crippen LogP contribution in [-0.4, -0.2) is 76.6 Å². The van der Waals surface area contributed by atoms with E-state index < -0.39 is 5.82 Å². The van der Waals surface area contributed by atoms with E-state index in [1.807, 2.05) is 0 Å². The number of phenolic OH excluding ortho intramolecular Hbond substituents is 1. The van der Waals surface area contributed by atoms with E-state index in [0.29, 0.717) is 31.4 Å². The van der Waals surface area contributed by atoms with Crippen molar-refractivity contribution in [2.75, 3.05) is 37.7 Å². The van der Waals surface area contributed by atoms with Crippen molar-refractivity contribution in [3.63, 3.8) is 0 Å². The molecule has 3 fully saturated rings. The summed E-state index contributed by atoms with van der Waals surface area (Å²) in [5.41, 5.74) is 0.165. The normalized spacial score (nSPS) is 24.8. The molecular formula is C25H24ClFN4O4. The van der Waals surface area contributed by atoms with Gasteiger partial charge in [0.1, 0.15) is 40.3 Å². The average molecular weight is 499 g/mol. The first-order valence-electron chi connectivity index (χ1n) is 11.7. The number of aromatic hydroxyl groups is 1. The Balaban J connectivity index is 1.50. The first kappa shape index (κ1) is 22.2. The van der Waals surface area contributed by atoms with Gasteiger partial charge in [-0.3, -0.25) is 9.59 Å². The minimum absolute atomic E-state index is 0.0251. The van der Waals surface area contributed by atoms with Crippen LogP contribution in [0.4, 0.5) is 10.2 Å². The molecule has 2 aromatic rings. The molecule has 2 amide bonds. The number of benzene rings is 1. The van der Waals surface area contributed by atoms with Crippen LogP contribution in [0.15, 0.2) is 30.9 Å². The van der Waals surface area contributed by atoms with Gasteiger partial charge in [-0.1, -0.05) is 24.2 Å². The second-order valence-corrected chi connectivity index (χ2v) is 9.81. The smallest absolute Gasteiger partial charge is 0.261 e. The Kier molecular flexibility index (Phi) is 5.14. The number of phenols is 1. The van der Waals surface area contributed by atoms with Crippen LogP contribution in [0.5, 0.6) is 11.5 Å². The Labute approximate surface area is 206 Å². The first-order valence-corrected chi connectivity index (χ1v) is 12.1. The van der Waals surface area contributed by atoms with Gasteiger partial charge in [0, 0.05) is 32.2 Å². The van der Waals surface area contributed by atoms with E-state index in [4.69, 9.17) is 21.3 Å². The number of carbonyl (C=O) groups is 2. The van der Waals surface area contributed by atoms with Gasteiger partial charge in [-0.25, -0.2) is 9.37 Å². The molecule has 35 heavy (non-hydrogen) atoms. The van der Waals surface area contributed by atoms with Crippen molar-refractivity contribution < 1.29 is 23.8 Å². The number of piperazine rings is 1. The maximum absolute atomic E-state index is 14.9. The summed E-state index contributed by atoms with van der Waals surface area (Å²) in [7, 11) is 0. The van der Waals surface area contributed by atoms with E-state index in [0.717, 1.165) is 19.4 Å². The number of hydrogen-bond donors (Lipinski definition) is 1. The van der Waals surface area contributed by atoms with Crippen molar-refractivity contribution in [3.8, 4) is 22.8 Å². The molecule has 4 heterocycles. The zero-order chi connectivity index (χ0) is 24.4. The SMILES string of the molecule is C=CC(=O)N1CCN2C(=O)c3c(N4CCC5CC54)nc(-c4c(O)cccc4F)c(Cl)c3OC[C@H]2C1. The van der Waals surface area contributed by atoms with Gasteiger partial charge in [0.2, 0.25) is 5.91 Å². The number of rotatable bonds is 3. The van der Waals surface area contributed by atoms with Crippen molar-refractivity contribution in [2.45, 2.75) is 24.9 Å². The number of ether oxygens (including phenoxy) is 1. The van der Waals surface area contributed by atoms with E-state index in [1.54, 1.807) is 9.80 Å².